The van der Waals surface area contributed by atoms with Crippen molar-refractivity contribution in [3.63, 3.8) is 0 Å². The van der Waals surface area contributed by atoms with Crippen molar-refractivity contribution < 1.29 is 18.6 Å². The Morgan fingerprint density at radius 3 is 3.00 bits per heavy atom. The molecule has 0 amide bonds. The maximum Gasteiger partial charge on any atom is 0.318 e. The molecule has 1 aromatic heterocycles. The van der Waals surface area contributed by atoms with Crippen LogP contribution in [0.2, 0.25) is 0 Å². The highest BCUT2D eigenvalue weighted by Crippen LogP contribution is 2.48. The predicted octanol–water partition coefficient (Wildman–Crippen LogP) is 3.27. The second-order valence-corrected chi connectivity index (χ2v) is 11.5. The molecule has 9 nitrogen and oxygen atoms in total. The highest BCUT2D eigenvalue weighted by Gasteiger charge is 2.50. The van der Waals surface area contributed by atoms with Crippen molar-refractivity contribution in [3.8, 4) is 12.1 Å². The van der Waals surface area contributed by atoms with Gasteiger partial charge in [0.25, 0.3) is 0 Å². The lowest BCUT2D eigenvalue weighted by Crippen LogP contribution is -2.44. The average molecular weight is 537 g/mol. The van der Waals surface area contributed by atoms with Crippen LogP contribution in [0.25, 0.3) is 0 Å². The van der Waals surface area contributed by atoms with Gasteiger partial charge in [-0.05, 0) is 50.3 Å². The van der Waals surface area contributed by atoms with Gasteiger partial charge in [-0.1, -0.05) is 6.07 Å². The number of anilines is 2. The lowest BCUT2D eigenvalue weighted by Gasteiger charge is -2.43. The molecule has 2 fully saturated rings. The number of likely N-dealkylation sites (N-methyl/N-ethyl adjacent to an activating group) is 1. The minimum atomic E-state index is -0.820. The van der Waals surface area contributed by atoms with Crippen LogP contribution >= 0.6 is 0 Å². The molecular formula is C29H37FN6O3. The number of aryl methyl sites for hydroxylation is 1. The van der Waals surface area contributed by atoms with E-state index in [1.807, 2.05) is 24.1 Å². The zero-order valence-corrected chi connectivity index (χ0v) is 22.8. The van der Waals surface area contributed by atoms with Crippen molar-refractivity contribution >= 4 is 11.5 Å². The van der Waals surface area contributed by atoms with Crippen LogP contribution in [0, 0.1) is 11.3 Å². The zero-order chi connectivity index (χ0) is 27.2. The summed E-state index contributed by atoms with van der Waals surface area (Å²) in [6.07, 6.45) is 4.77. The van der Waals surface area contributed by atoms with Gasteiger partial charge in [0.05, 0.1) is 30.0 Å². The fourth-order valence-electron chi connectivity index (χ4n) is 7.20. The van der Waals surface area contributed by atoms with Crippen molar-refractivity contribution in [3.05, 3.63) is 40.1 Å². The Balaban J connectivity index is 1.37. The van der Waals surface area contributed by atoms with Crippen molar-refractivity contribution in [2.24, 2.45) is 0 Å². The zero-order valence-electron chi connectivity index (χ0n) is 22.8. The normalized spacial score (nSPS) is 27.6. The van der Waals surface area contributed by atoms with E-state index >= 15 is 0 Å². The third-order valence-electron chi connectivity index (χ3n) is 9.14. The van der Waals surface area contributed by atoms with Crippen LogP contribution < -0.4 is 15.4 Å². The summed E-state index contributed by atoms with van der Waals surface area (Å²) in [4.78, 5) is 14.0. The molecule has 2 aromatic rings. The largest absolute Gasteiger partial charge is 0.461 e. The number of aromatic nitrogens is 2. The van der Waals surface area contributed by atoms with Gasteiger partial charge in [0.15, 0.2) is 0 Å². The second-order valence-electron chi connectivity index (χ2n) is 11.5. The Kier molecular flexibility index (Phi) is 6.86. The van der Waals surface area contributed by atoms with Crippen molar-refractivity contribution in [2.45, 2.75) is 68.9 Å². The fraction of sp³-hybridized carbons (Fsp3) is 0.621. The summed E-state index contributed by atoms with van der Waals surface area (Å²) >= 11 is 0. The number of ether oxygens (including phenoxy) is 3. The van der Waals surface area contributed by atoms with Gasteiger partial charge in [0.1, 0.15) is 30.3 Å². The van der Waals surface area contributed by atoms with E-state index in [9.17, 15) is 9.65 Å². The standard InChI is InChI=1S/C29H37FN6O3/c1-35(11-12-37-2)26-22-17-39-29(9-3-5-19-6-7-23(32)21(15-31)25(19)29)14-24(22)33-27(34-26)38-18-28-8-4-10-36(28)16-20(30)13-28/h6-7,20H,3-5,8-14,16-18,32H2,1-2H3. The number of benzene rings is 1. The monoisotopic (exact) mass is 536 g/mol. The fourth-order valence-corrected chi connectivity index (χ4v) is 7.20. The summed E-state index contributed by atoms with van der Waals surface area (Å²) in [7, 11) is 3.65. The molecule has 2 saturated heterocycles. The van der Waals surface area contributed by atoms with E-state index in [1.165, 1.54) is 0 Å². The number of nitriles is 1. The number of nitrogens with zero attached hydrogens (tertiary/aromatic N) is 5. The van der Waals surface area contributed by atoms with Crippen LogP contribution in [0.15, 0.2) is 12.1 Å². The molecule has 3 unspecified atom stereocenters. The number of nitrogen functional groups attached to an aromatic ring is 1. The smallest absolute Gasteiger partial charge is 0.318 e. The van der Waals surface area contributed by atoms with E-state index in [1.54, 1.807) is 7.11 Å². The van der Waals surface area contributed by atoms with E-state index in [-0.39, 0.29) is 5.54 Å². The third kappa shape index (κ3) is 4.50. The Hall–Kier alpha value is -3.00. The number of nitrogens with two attached hydrogens (primary N) is 1. The van der Waals surface area contributed by atoms with E-state index in [0.29, 0.717) is 63.0 Å². The molecule has 3 atom stereocenters. The van der Waals surface area contributed by atoms with E-state index in [4.69, 9.17) is 29.9 Å². The topological polar surface area (TPSA) is 110 Å². The average Bonchev–Trinajstić information content (AvgIpc) is 3.46. The summed E-state index contributed by atoms with van der Waals surface area (Å²) in [6.45, 7) is 3.26. The maximum absolute atomic E-state index is 14.4. The van der Waals surface area contributed by atoms with Crippen LogP contribution in [0.4, 0.5) is 15.9 Å². The molecule has 4 aliphatic rings. The van der Waals surface area contributed by atoms with E-state index in [2.05, 4.69) is 11.0 Å². The second kappa shape index (κ2) is 10.2. The van der Waals surface area contributed by atoms with Gasteiger partial charge in [-0.15, -0.1) is 0 Å². The predicted molar refractivity (Wildman–Crippen MR) is 144 cm³/mol. The SMILES string of the molecule is COCCN(C)c1nc(OCC23CCCN2CC(F)C3)nc2c1COC1(CCCc3ccc(N)c(C#N)c31)C2. The van der Waals surface area contributed by atoms with Crippen molar-refractivity contribution in [2.75, 3.05) is 57.6 Å². The number of hydrogen-bond donors (Lipinski definition) is 1. The van der Waals surface area contributed by atoms with E-state index < -0.39 is 11.8 Å². The molecule has 2 N–H and O–H groups in total. The van der Waals surface area contributed by atoms with Gasteiger partial charge in [-0.25, -0.2) is 4.39 Å². The van der Waals surface area contributed by atoms with Gasteiger partial charge in [-0.3, -0.25) is 4.90 Å². The Morgan fingerprint density at radius 1 is 1.31 bits per heavy atom. The summed E-state index contributed by atoms with van der Waals surface area (Å²) in [5.41, 5.74) is 10.1. The van der Waals surface area contributed by atoms with Gasteiger partial charge in [-0.2, -0.15) is 15.2 Å². The molecule has 4 heterocycles. The highest BCUT2D eigenvalue weighted by molar-refractivity contribution is 5.63. The first-order chi connectivity index (χ1) is 18.9. The minimum absolute atomic E-state index is 0.285. The van der Waals surface area contributed by atoms with Crippen LogP contribution in [0.5, 0.6) is 6.01 Å². The Morgan fingerprint density at radius 2 is 2.18 bits per heavy atom. The summed E-state index contributed by atoms with van der Waals surface area (Å²) < 4.78 is 32.6. The van der Waals surface area contributed by atoms with Crippen LogP contribution in [-0.2, 0) is 34.5 Å². The molecule has 1 aromatic carbocycles. The van der Waals surface area contributed by atoms with Gasteiger partial charge < -0.3 is 24.8 Å². The number of hydrogen-bond acceptors (Lipinski definition) is 9. The number of methoxy groups -OCH3 is 1. The quantitative estimate of drug-likeness (QED) is 0.533. The van der Waals surface area contributed by atoms with Crippen molar-refractivity contribution in [1.82, 2.24) is 14.9 Å². The number of alkyl halides is 1. The van der Waals surface area contributed by atoms with Crippen LogP contribution in [0.3, 0.4) is 0 Å². The van der Waals surface area contributed by atoms with Crippen LogP contribution in [0.1, 0.15) is 60.1 Å². The van der Waals surface area contributed by atoms with Gasteiger partial charge in [0, 0.05) is 56.9 Å². The summed E-state index contributed by atoms with van der Waals surface area (Å²) in [6, 6.07) is 6.49. The molecule has 39 heavy (non-hydrogen) atoms. The van der Waals surface area contributed by atoms with Crippen molar-refractivity contribution in [1.29, 1.82) is 5.26 Å². The number of fused-ring (bicyclic) bond motifs is 4. The molecule has 1 aliphatic carbocycles. The first kappa shape index (κ1) is 26.2. The maximum atomic E-state index is 14.4. The Labute approximate surface area is 229 Å². The van der Waals surface area contributed by atoms with E-state index in [0.717, 1.165) is 66.9 Å². The number of halogens is 1. The first-order valence-corrected chi connectivity index (χ1v) is 14.0. The first-order valence-electron chi connectivity index (χ1n) is 14.0. The highest BCUT2D eigenvalue weighted by atomic mass is 19.1. The molecular weight excluding hydrogens is 499 g/mol. The number of rotatable bonds is 7. The molecule has 0 bridgehead atoms. The molecule has 0 radical (unpaired) electrons. The van der Waals surface area contributed by atoms with Gasteiger partial charge in [0.2, 0.25) is 0 Å². The molecule has 6 rings (SSSR count). The van der Waals surface area contributed by atoms with Crippen LogP contribution in [-0.4, -0.2) is 73.6 Å². The van der Waals surface area contributed by atoms with Gasteiger partial charge >= 0.3 is 6.01 Å². The molecule has 10 heteroatoms. The molecule has 3 aliphatic heterocycles. The lowest BCUT2D eigenvalue weighted by molar-refractivity contribution is -0.0857. The third-order valence-corrected chi connectivity index (χ3v) is 9.14. The molecule has 208 valence electrons. The summed E-state index contributed by atoms with van der Waals surface area (Å²) in [5, 5.41) is 10.0. The molecule has 0 saturated carbocycles. The summed E-state index contributed by atoms with van der Waals surface area (Å²) in [5.74, 6) is 0.751. The Bertz CT molecular complexity index is 1300. The lowest BCUT2D eigenvalue weighted by atomic mass is 9.72. The minimum Gasteiger partial charge on any atom is -0.461 e. The molecule has 1 spiro atoms.